The summed E-state index contributed by atoms with van der Waals surface area (Å²) < 4.78 is 11.7. The Balaban J connectivity index is 1.33. The summed E-state index contributed by atoms with van der Waals surface area (Å²) in [5.74, 6) is -0.743. The van der Waals surface area contributed by atoms with Crippen LogP contribution in [0.15, 0.2) is 77.5 Å². The first-order chi connectivity index (χ1) is 17.0. The average Bonchev–Trinajstić information content (AvgIpc) is 3.54. The van der Waals surface area contributed by atoms with Crippen molar-refractivity contribution < 1.29 is 23.5 Å². The molecule has 0 fully saturated rings. The number of esters is 1. The van der Waals surface area contributed by atoms with Crippen molar-refractivity contribution in [3.8, 4) is 5.69 Å². The Kier molecular flexibility index (Phi) is 7.06. The first-order valence-electron chi connectivity index (χ1n) is 11.0. The second kappa shape index (κ2) is 10.5. The lowest BCUT2D eigenvalue weighted by Gasteiger charge is -2.09. The molecule has 9 heteroatoms. The fraction of sp³-hybridized carbons (Fsp3) is 0.154. The highest BCUT2D eigenvalue weighted by atomic mass is 16.5. The van der Waals surface area contributed by atoms with Crippen LogP contribution in [0.3, 0.4) is 0 Å². The molecule has 178 valence electrons. The van der Waals surface area contributed by atoms with Crippen LogP contribution < -0.4 is 10.6 Å². The maximum absolute atomic E-state index is 12.6. The first-order valence-corrected chi connectivity index (χ1v) is 11.0. The van der Waals surface area contributed by atoms with E-state index < -0.39 is 5.97 Å². The van der Waals surface area contributed by atoms with Gasteiger partial charge >= 0.3 is 5.97 Å². The fourth-order valence-electron chi connectivity index (χ4n) is 3.42. The Morgan fingerprint density at radius 2 is 1.74 bits per heavy atom. The molecule has 0 spiro atoms. The van der Waals surface area contributed by atoms with E-state index in [9.17, 15) is 14.4 Å². The number of aromatic nitrogens is 2. The van der Waals surface area contributed by atoms with Gasteiger partial charge < -0.3 is 19.8 Å². The Hall–Kier alpha value is -4.66. The van der Waals surface area contributed by atoms with Crippen molar-refractivity contribution in [3.63, 3.8) is 0 Å². The second-order valence-corrected chi connectivity index (χ2v) is 7.63. The number of anilines is 1. The Morgan fingerprint density at radius 3 is 2.40 bits per heavy atom. The number of carbonyl (C=O) groups excluding carboxylic acids is 3. The third-order valence-corrected chi connectivity index (χ3v) is 5.29. The number of furan rings is 1. The summed E-state index contributed by atoms with van der Waals surface area (Å²) in [5, 5.41) is 9.89. The van der Waals surface area contributed by atoms with Crippen LogP contribution in [0.25, 0.3) is 5.69 Å². The van der Waals surface area contributed by atoms with E-state index in [0.717, 1.165) is 11.3 Å². The lowest BCUT2D eigenvalue weighted by atomic mass is 10.1. The number of nitrogens with one attached hydrogen (secondary N) is 2. The van der Waals surface area contributed by atoms with Crippen LogP contribution >= 0.6 is 0 Å². The molecule has 0 bridgehead atoms. The number of amides is 2. The topological polar surface area (TPSA) is 115 Å². The molecule has 0 unspecified atom stereocenters. The minimum absolute atomic E-state index is 0.226. The summed E-state index contributed by atoms with van der Waals surface area (Å²) in [5.41, 5.74) is 3.78. The Bertz CT molecular complexity index is 1320. The van der Waals surface area contributed by atoms with Crippen LogP contribution in [0.4, 0.5) is 5.69 Å². The third-order valence-electron chi connectivity index (χ3n) is 5.29. The molecule has 4 rings (SSSR count). The van der Waals surface area contributed by atoms with E-state index in [2.05, 4.69) is 15.7 Å². The van der Waals surface area contributed by atoms with E-state index in [-0.39, 0.29) is 17.6 Å². The summed E-state index contributed by atoms with van der Waals surface area (Å²) in [6.07, 6.45) is 2.91. The molecule has 0 aliphatic heterocycles. The number of hydrogen-bond acceptors (Lipinski definition) is 6. The third kappa shape index (κ3) is 5.47. The monoisotopic (exact) mass is 472 g/mol. The van der Waals surface area contributed by atoms with E-state index in [1.54, 1.807) is 67.1 Å². The van der Waals surface area contributed by atoms with Gasteiger partial charge in [-0.15, -0.1) is 0 Å². The maximum Gasteiger partial charge on any atom is 0.341 e. The van der Waals surface area contributed by atoms with E-state index in [4.69, 9.17) is 9.15 Å². The quantitative estimate of drug-likeness (QED) is 0.373. The molecule has 9 nitrogen and oxygen atoms in total. The van der Waals surface area contributed by atoms with Crippen LogP contribution in [-0.2, 0) is 11.3 Å². The van der Waals surface area contributed by atoms with Crippen LogP contribution in [0, 0.1) is 6.92 Å². The fourth-order valence-corrected chi connectivity index (χ4v) is 3.42. The molecule has 0 saturated heterocycles. The molecule has 2 heterocycles. The number of hydrogen-bond donors (Lipinski definition) is 2. The maximum atomic E-state index is 12.6. The van der Waals surface area contributed by atoms with Gasteiger partial charge in [-0.2, -0.15) is 5.10 Å². The van der Waals surface area contributed by atoms with Crippen molar-refractivity contribution in [1.29, 1.82) is 0 Å². The smallest absolute Gasteiger partial charge is 0.341 e. The highest BCUT2D eigenvalue weighted by Crippen LogP contribution is 2.16. The predicted molar refractivity (Wildman–Crippen MR) is 129 cm³/mol. The highest BCUT2D eigenvalue weighted by molar-refractivity contribution is 6.02. The van der Waals surface area contributed by atoms with Gasteiger partial charge in [-0.05, 0) is 67.9 Å². The number of carbonyl (C=O) groups is 3. The summed E-state index contributed by atoms with van der Waals surface area (Å²) in [6, 6.07) is 17.3. The molecular weight excluding hydrogens is 448 g/mol. The van der Waals surface area contributed by atoms with Crippen molar-refractivity contribution in [1.82, 2.24) is 15.1 Å². The van der Waals surface area contributed by atoms with Gasteiger partial charge in [-0.1, -0.05) is 12.1 Å². The van der Waals surface area contributed by atoms with Crippen molar-refractivity contribution in [2.24, 2.45) is 0 Å². The minimum Gasteiger partial charge on any atom is -0.462 e. The Morgan fingerprint density at radius 1 is 1.00 bits per heavy atom. The van der Waals surface area contributed by atoms with Crippen molar-refractivity contribution in [2.75, 3.05) is 11.9 Å². The molecule has 0 aliphatic rings. The molecular formula is C26H24N4O5. The minimum atomic E-state index is -0.416. The van der Waals surface area contributed by atoms with Gasteiger partial charge in [0.15, 0.2) is 5.76 Å². The van der Waals surface area contributed by atoms with Crippen LogP contribution in [0.2, 0.25) is 0 Å². The van der Waals surface area contributed by atoms with Gasteiger partial charge in [0.1, 0.15) is 5.56 Å². The standard InChI is InChI=1S/C26H24N4O5/c1-3-34-26(33)22-16-28-30(17(22)2)21-12-8-19(9-13-21)24(31)27-15-18-6-10-20(11-7-18)29-25(32)23-5-4-14-35-23/h4-14,16H,3,15H2,1-2H3,(H,27,31)(H,29,32). The largest absolute Gasteiger partial charge is 0.462 e. The first kappa shape index (κ1) is 23.5. The summed E-state index contributed by atoms with van der Waals surface area (Å²) in [7, 11) is 0. The lowest BCUT2D eigenvalue weighted by Crippen LogP contribution is -2.22. The number of rotatable bonds is 8. The number of nitrogens with zero attached hydrogens (tertiary/aromatic N) is 2. The normalized spacial score (nSPS) is 10.6. The molecule has 2 N–H and O–H groups in total. The van der Waals surface area contributed by atoms with Crippen molar-refractivity contribution >= 4 is 23.5 Å². The Labute approximate surface area is 201 Å². The summed E-state index contributed by atoms with van der Waals surface area (Å²) >= 11 is 0. The number of benzene rings is 2. The lowest BCUT2D eigenvalue weighted by molar-refractivity contribution is 0.0525. The molecule has 0 saturated carbocycles. The molecule has 35 heavy (non-hydrogen) atoms. The van der Waals surface area contributed by atoms with E-state index >= 15 is 0 Å². The summed E-state index contributed by atoms with van der Waals surface area (Å²) in [6.45, 7) is 4.15. The van der Waals surface area contributed by atoms with Crippen LogP contribution in [0.1, 0.15) is 49.5 Å². The van der Waals surface area contributed by atoms with Crippen LogP contribution in [0.5, 0.6) is 0 Å². The molecule has 2 amide bonds. The zero-order chi connectivity index (χ0) is 24.8. The molecule has 2 aromatic carbocycles. The van der Waals surface area contributed by atoms with Crippen molar-refractivity contribution in [3.05, 3.63) is 101 Å². The summed E-state index contributed by atoms with van der Waals surface area (Å²) in [4.78, 5) is 36.6. The van der Waals surface area contributed by atoms with Gasteiger partial charge in [0.2, 0.25) is 0 Å². The van der Waals surface area contributed by atoms with Gasteiger partial charge in [-0.25, -0.2) is 9.48 Å². The van der Waals surface area contributed by atoms with Gasteiger partial charge in [0.05, 0.1) is 30.4 Å². The average molecular weight is 473 g/mol. The van der Waals surface area contributed by atoms with Gasteiger partial charge in [-0.3, -0.25) is 9.59 Å². The molecule has 2 aromatic heterocycles. The zero-order valence-electron chi connectivity index (χ0n) is 19.3. The van der Waals surface area contributed by atoms with Crippen molar-refractivity contribution in [2.45, 2.75) is 20.4 Å². The highest BCUT2D eigenvalue weighted by Gasteiger charge is 2.16. The van der Waals surface area contributed by atoms with Crippen LogP contribution in [-0.4, -0.2) is 34.2 Å². The van der Waals surface area contributed by atoms with E-state index in [0.29, 0.717) is 35.7 Å². The van der Waals surface area contributed by atoms with E-state index in [1.165, 1.54) is 12.5 Å². The molecule has 4 aromatic rings. The molecule has 0 aliphatic carbocycles. The second-order valence-electron chi connectivity index (χ2n) is 7.63. The number of ether oxygens (including phenoxy) is 1. The SMILES string of the molecule is CCOC(=O)c1cnn(-c2ccc(C(=O)NCc3ccc(NC(=O)c4ccco4)cc3)cc2)c1C. The molecule has 0 radical (unpaired) electrons. The van der Waals surface area contributed by atoms with E-state index in [1.807, 2.05) is 12.1 Å². The van der Waals surface area contributed by atoms with Gasteiger partial charge in [0, 0.05) is 17.8 Å². The molecule has 0 atom stereocenters. The van der Waals surface area contributed by atoms with Gasteiger partial charge in [0.25, 0.3) is 11.8 Å². The predicted octanol–water partition coefficient (Wildman–Crippen LogP) is 4.13. The zero-order valence-corrected chi connectivity index (χ0v) is 19.3.